The zero-order valence-corrected chi connectivity index (χ0v) is 16.9. The van der Waals surface area contributed by atoms with Crippen LogP contribution in [0.15, 0.2) is 52.8 Å². The minimum Gasteiger partial charge on any atom is -0.399 e. The van der Waals surface area contributed by atoms with Crippen molar-refractivity contribution >= 4 is 11.4 Å². The first kappa shape index (κ1) is 24.2. The zero-order valence-electron chi connectivity index (χ0n) is 16.9. The van der Waals surface area contributed by atoms with Crippen molar-refractivity contribution in [1.82, 2.24) is 0 Å². The number of rotatable bonds is 7. The molecule has 0 saturated heterocycles. The van der Waals surface area contributed by atoms with Gasteiger partial charge in [0.2, 0.25) is 0 Å². The maximum Gasteiger partial charge on any atom is 0.416 e. The van der Waals surface area contributed by atoms with E-state index in [0.29, 0.717) is 22.9 Å². The molecule has 31 heavy (non-hydrogen) atoms. The third-order valence-electron chi connectivity index (χ3n) is 4.30. The summed E-state index contributed by atoms with van der Waals surface area (Å²) in [5.74, 6) is 0. The van der Waals surface area contributed by atoms with Gasteiger partial charge in [-0.05, 0) is 31.5 Å². The van der Waals surface area contributed by atoms with Gasteiger partial charge in [-0.2, -0.15) is 26.3 Å². The molecule has 0 fully saturated rings. The molecule has 0 N–H and O–H groups in total. The molecule has 10 heteroatoms. The quantitative estimate of drug-likeness (QED) is 0.286. The molecule has 0 aliphatic carbocycles. The molecule has 0 heterocycles. The molecular formula is C21H20F6N2O2. The van der Waals surface area contributed by atoms with E-state index < -0.39 is 30.0 Å². The average Bonchev–Trinajstić information content (AvgIpc) is 2.67. The minimum atomic E-state index is -4.70. The highest BCUT2D eigenvalue weighted by atomic mass is 19.4. The summed E-state index contributed by atoms with van der Waals surface area (Å²) in [6, 6.07) is 8.80. The molecule has 0 atom stereocenters. The van der Waals surface area contributed by atoms with Gasteiger partial charge in [0.1, 0.15) is 13.7 Å². The zero-order chi connectivity index (χ0) is 23.2. The van der Waals surface area contributed by atoms with Crippen LogP contribution in [0.3, 0.4) is 0 Å². The Kier molecular flexibility index (Phi) is 7.70. The standard InChI is InChI=1S/C21H20F6N2O2/c1-13-6-4-9-17(14(2)28-30-3)18(13)12-31-29-19(11-20(22,23)24)15-7-5-8-16(10-15)21(25,26)27/h4-10H,11-12H2,1-3H3/b28-14-,29-19+. The summed E-state index contributed by atoms with van der Waals surface area (Å²) in [5.41, 5.74) is 0.489. The third-order valence-corrected chi connectivity index (χ3v) is 4.30. The van der Waals surface area contributed by atoms with E-state index in [1.165, 1.54) is 7.11 Å². The lowest BCUT2D eigenvalue weighted by Crippen LogP contribution is -2.17. The first-order valence-corrected chi connectivity index (χ1v) is 9.02. The van der Waals surface area contributed by atoms with E-state index in [1.807, 2.05) is 0 Å². The molecule has 0 aliphatic rings. The largest absolute Gasteiger partial charge is 0.416 e. The second-order valence-electron chi connectivity index (χ2n) is 6.64. The Hall–Kier alpha value is -3.04. The van der Waals surface area contributed by atoms with Gasteiger partial charge in [0.15, 0.2) is 0 Å². The Bertz CT molecular complexity index is 965. The molecule has 0 radical (unpaired) electrons. The van der Waals surface area contributed by atoms with Crippen LogP contribution in [0.1, 0.15) is 41.2 Å². The predicted octanol–water partition coefficient (Wildman–Crippen LogP) is 6.26. The van der Waals surface area contributed by atoms with Crippen molar-refractivity contribution in [3.05, 3.63) is 70.3 Å². The first-order chi connectivity index (χ1) is 14.4. The van der Waals surface area contributed by atoms with E-state index in [2.05, 4.69) is 10.3 Å². The molecule has 0 amide bonds. The van der Waals surface area contributed by atoms with Crippen LogP contribution in [-0.4, -0.2) is 24.7 Å². The topological polar surface area (TPSA) is 43.2 Å². The number of hydrogen-bond donors (Lipinski definition) is 0. The van der Waals surface area contributed by atoms with Crippen LogP contribution in [0, 0.1) is 6.92 Å². The molecule has 2 rings (SSSR count). The Morgan fingerprint density at radius 1 is 0.968 bits per heavy atom. The first-order valence-electron chi connectivity index (χ1n) is 9.02. The molecule has 2 aromatic carbocycles. The van der Waals surface area contributed by atoms with Crippen LogP contribution in [0.4, 0.5) is 26.3 Å². The number of aryl methyl sites for hydroxylation is 1. The number of halogens is 6. The van der Waals surface area contributed by atoms with E-state index in [4.69, 9.17) is 9.68 Å². The maximum atomic E-state index is 13.0. The molecule has 0 saturated carbocycles. The van der Waals surface area contributed by atoms with E-state index in [0.717, 1.165) is 23.8 Å². The molecule has 0 aliphatic heterocycles. The van der Waals surface area contributed by atoms with Crippen LogP contribution < -0.4 is 0 Å². The molecule has 0 unspecified atom stereocenters. The van der Waals surface area contributed by atoms with Crippen LogP contribution in [0.5, 0.6) is 0 Å². The lowest BCUT2D eigenvalue weighted by Gasteiger charge is -2.14. The van der Waals surface area contributed by atoms with E-state index >= 15 is 0 Å². The fourth-order valence-electron chi connectivity index (χ4n) is 2.85. The molecular weight excluding hydrogens is 426 g/mol. The second-order valence-corrected chi connectivity index (χ2v) is 6.64. The summed E-state index contributed by atoms with van der Waals surface area (Å²) in [6.07, 6.45) is -10.9. The van der Waals surface area contributed by atoms with Crippen molar-refractivity contribution < 1.29 is 36.0 Å². The van der Waals surface area contributed by atoms with Crippen molar-refractivity contribution in [1.29, 1.82) is 0 Å². The Balaban J connectivity index is 2.37. The van der Waals surface area contributed by atoms with E-state index in [1.54, 1.807) is 32.0 Å². The predicted molar refractivity (Wildman–Crippen MR) is 104 cm³/mol. The summed E-state index contributed by atoms with van der Waals surface area (Å²) in [7, 11) is 1.37. The maximum absolute atomic E-state index is 13.0. The number of hydrogen-bond acceptors (Lipinski definition) is 4. The van der Waals surface area contributed by atoms with Gasteiger partial charge in [0, 0.05) is 16.7 Å². The van der Waals surface area contributed by atoms with Gasteiger partial charge >= 0.3 is 12.4 Å². The fourth-order valence-corrected chi connectivity index (χ4v) is 2.85. The van der Waals surface area contributed by atoms with Gasteiger partial charge < -0.3 is 9.68 Å². The number of alkyl halides is 6. The lowest BCUT2D eigenvalue weighted by molar-refractivity contribution is -0.137. The van der Waals surface area contributed by atoms with Gasteiger partial charge in [-0.1, -0.05) is 40.6 Å². The summed E-state index contributed by atoms with van der Waals surface area (Å²) in [5, 5.41) is 7.38. The third kappa shape index (κ3) is 7.01. The van der Waals surface area contributed by atoms with Gasteiger partial charge in [-0.15, -0.1) is 0 Å². The summed E-state index contributed by atoms with van der Waals surface area (Å²) >= 11 is 0. The van der Waals surface area contributed by atoms with Crippen LogP contribution >= 0.6 is 0 Å². The molecule has 0 aromatic heterocycles. The van der Waals surface area contributed by atoms with Crippen LogP contribution in [0.25, 0.3) is 0 Å². The number of oxime groups is 2. The monoisotopic (exact) mass is 446 g/mol. The van der Waals surface area contributed by atoms with Gasteiger partial charge in [0.25, 0.3) is 0 Å². The second kappa shape index (κ2) is 9.84. The summed E-state index contributed by atoms with van der Waals surface area (Å²) in [6.45, 7) is 3.25. The van der Waals surface area contributed by atoms with Crippen LogP contribution in [-0.2, 0) is 22.5 Å². The summed E-state index contributed by atoms with van der Waals surface area (Å²) < 4.78 is 77.9. The van der Waals surface area contributed by atoms with Crippen molar-refractivity contribution in [3.8, 4) is 0 Å². The summed E-state index contributed by atoms with van der Waals surface area (Å²) in [4.78, 5) is 9.92. The smallest absolute Gasteiger partial charge is 0.399 e. The highest BCUT2D eigenvalue weighted by Gasteiger charge is 2.33. The minimum absolute atomic E-state index is 0.209. The normalized spacial score (nSPS) is 13.3. The fraction of sp³-hybridized carbons (Fsp3) is 0.333. The van der Waals surface area contributed by atoms with Crippen LogP contribution in [0.2, 0.25) is 0 Å². The van der Waals surface area contributed by atoms with Crippen molar-refractivity contribution in [2.45, 2.75) is 39.2 Å². The van der Waals surface area contributed by atoms with Crippen molar-refractivity contribution in [2.75, 3.05) is 7.11 Å². The Morgan fingerprint density at radius 2 is 1.65 bits per heavy atom. The van der Waals surface area contributed by atoms with Crippen molar-refractivity contribution in [2.24, 2.45) is 10.3 Å². The molecule has 2 aromatic rings. The molecule has 0 spiro atoms. The van der Waals surface area contributed by atoms with Gasteiger partial charge in [-0.25, -0.2) is 0 Å². The SMILES string of the molecule is CO/N=C(/C)c1cccc(C)c1CO/N=C(\CC(F)(F)F)c1cccc(C(F)(F)F)c1. The van der Waals surface area contributed by atoms with E-state index in [9.17, 15) is 26.3 Å². The lowest BCUT2D eigenvalue weighted by atomic mass is 10.00. The molecule has 0 bridgehead atoms. The molecule has 4 nitrogen and oxygen atoms in total. The number of benzene rings is 2. The average molecular weight is 446 g/mol. The Labute approximate surface area is 175 Å². The van der Waals surface area contributed by atoms with E-state index in [-0.39, 0.29) is 12.2 Å². The van der Waals surface area contributed by atoms with Gasteiger partial charge in [-0.3, -0.25) is 0 Å². The highest BCUT2D eigenvalue weighted by Crippen LogP contribution is 2.31. The number of nitrogens with zero attached hydrogens (tertiary/aromatic N) is 2. The van der Waals surface area contributed by atoms with Crippen molar-refractivity contribution in [3.63, 3.8) is 0 Å². The Morgan fingerprint density at radius 3 is 2.26 bits per heavy atom. The molecule has 168 valence electrons. The van der Waals surface area contributed by atoms with Gasteiger partial charge in [0.05, 0.1) is 23.4 Å². The highest BCUT2D eigenvalue weighted by molar-refractivity contribution is 6.01.